The van der Waals surface area contributed by atoms with E-state index in [2.05, 4.69) is 30.9 Å². The standard InChI is InChI=1S/C14H21F3N6O2S/c1-2-18-12(22-10-4-8-26(24,25)9-10)20-6-7-21-13-19-5-3-11(23-13)14(15,16)17/h3,5,10H,2,4,6-9H2,1H3,(H2,18,20,22)(H,19,21,23). The zero-order chi connectivity index (χ0) is 19.2. The summed E-state index contributed by atoms with van der Waals surface area (Å²) in [6.45, 7) is 2.93. The van der Waals surface area contributed by atoms with Crippen LogP contribution in [-0.4, -0.2) is 61.5 Å². The van der Waals surface area contributed by atoms with Crippen molar-refractivity contribution in [2.75, 3.05) is 36.5 Å². The molecule has 1 atom stereocenters. The molecule has 1 aliphatic heterocycles. The van der Waals surface area contributed by atoms with Crippen LogP contribution in [0.2, 0.25) is 0 Å². The Labute approximate surface area is 149 Å². The van der Waals surface area contributed by atoms with Crippen LogP contribution in [0.5, 0.6) is 0 Å². The fourth-order valence-corrected chi connectivity index (χ4v) is 4.03. The van der Waals surface area contributed by atoms with E-state index in [4.69, 9.17) is 0 Å². The molecule has 1 saturated heterocycles. The molecule has 0 aromatic carbocycles. The first-order valence-electron chi connectivity index (χ1n) is 8.09. The van der Waals surface area contributed by atoms with Gasteiger partial charge in [-0.3, -0.25) is 4.99 Å². The molecule has 0 spiro atoms. The summed E-state index contributed by atoms with van der Waals surface area (Å²) in [7, 11) is -3.00. The third-order valence-electron chi connectivity index (χ3n) is 3.53. The van der Waals surface area contributed by atoms with Gasteiger partial charge in [0.05, 0.1) is 18.1 Å². The van der Waals surface area contributed by atoms with Crippen molar-refractivity contribution in [2.24, 2.45) is 4.99 Å². The van der Waals surface area contributed by atoms with Crippen LogP contribution >= 0.6 is 0 Å². The van der Waals surface area contributed by atoms with Crippen molar-refractivity contribution in [1.29, 1.82) is 0 Å². The normalized spacial score (nSPS) is 20.0. The van der Waals surface area contributed by atoms with Crippen LogP contribution < -0.4 is 16.0 Å². The van der Waals surface area contributed by atoms with E-state index < -0.39 is 21.7 Å². The number of nitrogens with zero attached hydrogens (tertiary/aromatic N) is 3. The maximum absolute atomic E-state index is 12.6. The van der Waals surface area contributed by atoms with Crippen LogP contribution in [0.15, 0.2) is 17.3 Å². The van der Waals surface area contributed by atoms with Crippen molar-refractivity contribution in [1.82, 2.24) is 20.6 Å². The van der Waals surface area contributed by atoms with E-state index in [0.29, 0.717) is 18.9 Å². The highest BCUT2D eigenvalue weighted by Crippen LogP contribution is 2.27. The Balaban J connectivity index is 1.86. The van der Waals surface area contributed by atoms with E-state index in [1.807, 2.05) is 6.92 Å². The molecule has 0 saturated carbocycles. The van der Waals surface area contributed by atoms with Gasteiger partial charge in [0.25, 0.3) is 0 Å². The Hall–Kier alpha value is -2.11. The molecule has 0 radical (unpaired) electrons. The fraction of sp³-hybridized carbons (Fsp3) is 0.643. The zero-order valence-electron chi connectivity index (χ0n) is 14.2. The Morgan fingerprint density at radius 3 is 2.81 bits per heavy atom. The molecule has 1 aromatic rings. The van der Waals surface area contributed by atoms with Gasteiger partial charge in [-0.1, -0.05) is 0 Å². The summed E-state index contributed by atoms with van der Waals surface area (Å²) in [6, 6.07) is 0.601. The molecule has 3 N–H and O–H groups in total. The predicted octanol–water partition coefficient (Wildman–Crippen LogP) is 0.649. The first-order valence-corrected chi connectivity index (χ1v) is 9.91. The van der Waals surface area contributed by atoms with Gasteiger partial charge in [0.2, 0.25) is 5.95 Å². The summed E-state index contributed by atoms with van der Waals surface area (Å²) in [4.78, 5) is 11.4. The summed E-state index contributed by atoms with van der Waals surface area (Å²) >= 11 is 0. The van der Waals surface area contributed by atoms with E-state index in [1.165, 1.54) is 0 Å². The molecule has 1 aliphatic rings. The number of nitrogens with one attached hydrogen (secondary N) is 3. The van der Waals surface area contributed by atoms with E-state index in [1.54, 1.807) is 0 Å². The van der Waals surface area contributed by atoms with Gasteiger partial charge in [0, 0.05) is 25.3 Å². The molecule has 26 heavy (non-hydrogen) atoms. The highest BCUT2D eigenvalue weighted by atomic mass is 32.2. The summed E-state index contributed by atoms with van der Waals surface area (Å²) < 4.78 is 60.8. The zero-order valence-corrected chi connectivity index (χ0v) is 15.0. The minimum atomic E-state index is -4.53. The topological polar surface area (TPSA) is 108 Å². The first-order chi connectivity index (χ1) is 12.2. The minimum absolute atomic E-state index is 0.0632. The molecular weight excluding hydrogens is 373 g/mol. The van der Waals surface area contributed by atoms with Crippen LogP contribution in [0.1, 0.15) is 19.0 Å². The van der Waals surface area contributed by atoms with Gasteiger partial charge in [0.15, 0.2) is 15.8 Å². The van der Waals surface area contributed by atoms with E-state index in [9.17, 15) is 21.6 Å². The number of anilines is 1. The SMILES string of the molecule is CCNC(=NCCNc1nccc(C(F)(F)F)n1)NC1CCS(=O)(=O)C1. The van der Waals surface area contributed by atoms with Crippen molar-refractivity contribution in [3.63, 3.8) is 0 Å². The summed E-state index contributed by atoms with van der Waals surface area (Å²) in [5, 5.41) is 8.73. The predicted molar refractivity (Wildman–Crippen MR) is 91.7 cm³/mol. The smallest absolute Gasteiger partial charge is 0.357 e. The van der Waals surface area contributed by atoms with Crippen molar-refractivity contribution >= 4 is 21.7 Å². The molecule has 1 unspecified atom stereocenters. The largest absolute Gasteiger partial charge is 0.433 e. The molecule has 12 heteroatoms. The number of rotatable bonds is 6. The monoisotopic (exact) mass is 394 g/mol. The molecular formula is C14H21F3N6O2S. The molecule has 2 rings (SSSR count). The third kappa shape index (κ3) is 6.32. The van der Waals surface area contributed by atoms with Gasteiger partial charge in [-0.05, 0) is 19.4 Å². The lowest BCUT2D eigenvalue weighted by Crippen LogP contribution is -2.44. The van der Waals surface area contributed by atoms with E-state index in [-0.39, 0.29) is 36.6 Å². The van der Waals surface area contributed by atoms with Crippen LogP contribution in [0.25, 0.3) is 0 Å². The molecule has 1 aromatic heterocycles. The average molecular weight is 394 g/mol. The number of aromatic nitrogens is 2. The quantitative estimate of drug-likeness (QED) is 0.369. The van der Waals surface area contributed by atoms with Gasteiger partial charge < -0.3 is 16.0 Å². The van der Waals surface area contributed by atoms with Gasteiger partial charge in [-0.25, -0.2) is 18.4 Å². The average Bonchev–Trinajstić information content (AvgIpc) is 2.90. The van der Waals surface area contributed by atoms with Crippen LogP contribution in [-0.2, 0) is 16.0 Å². The first kappa shape index (κ1) is 20.2. The number of halogens is 3. The Bertz CT molecular complexity index is 738. The van der Waals surface area contributed by atoms with Crippen LogP contribution in [0.3, 0.4) is 0 Å². The number of sulfone groups is 1. The lowest BCUT2D eigenvalue weighted by Gasteiger charge is -2.15. The van der Waals surface area contributed by atoms with Gasteiger partial charge in [-0.15, -0.1) is 0 Å². The van der Waals surface area contributed by atoms with Crippen molar-refractivity contribution in [2.45, 2.75) is 25.6 Å². The van der Waals surface area contributed by atoms with Crippen molar-refractivity contribution < 1.29 is 21.6 Å². The van der Waals surface area contributed by atoms with Gasteiger partial charge in [-0.2, -0.15) is 13.2 Å². The van der Waals surface area contributed by atoms with E-state index >= 15 is 0 Å². The Kier molecular flexibility index (Phi) is 6.62. The summed E-state index contributed by atoms with van der Waals surface area (Å²) in [6.07, 6.45) is -2.97. The van der Waals surface area contributed by atoms with Gasteiger partial charge in [0.1, 0.15) is 5.69 Å². The molecule has 1 fully saturated rings. The lowest BCUT2D eigenvalue weighted by atomic mass is 10.3. The highest BCUT2D eigenvalue weighted by Gasteiger charge is 2.32. The lowest BCUT2D eigenvalue weighted by molar-refractivity contribution is -0.141. The molecule has 0 amide bonds. The maximum atomic E-state index is 12.6. The highest BCUT2D eigenvalue weighted by molar-refractivity contribution is 7.91. The molecule has 146 valence electrons. The summed E-state index contributed by atoms with van der Waals surface area (Å²) in [5.41, 5.74) is -1.02. The molecule has 0 bridgehead atoms. The second kappa shape index (κ2) is 8.52. The number of alkyl halides is 3. The van der Waals surface area contributed by atoms with Crippen LogP contribution in [0.4, 0.5) is 19.1 Å². The minimum Gasteiger partial charge on any atom is -0.357 e. The number of guanidine groups is 1. The molecule has 2 heterocycles. The maximum Gasteiger partial charge on any atom is 0.433 e. The van der Waals surface area contributed by atoms with Crippen molar-refractivity contribution in [3.05, 3.63) is 18.0 Å². The molecule has 8 nitrogen and oxygen atoms in total. The van der Waals surface area contributed by atoms with Gasteiger partial charge >= 0.3 is 6.18 Å². The number of hydrogen-bond acceptors (Lipinski definition) is 6. The summed E-state index contributed by atoms with van der Waals surface area (Å²) in [5.74, 6) is 0.544. The third-order valence-corrected chi connectivity index (χ3v) is 5.30. The number of aliphatic imine (C=N–C) groups is 1. The number of hydrogen-bond donors (Lipinski definition) is 3. The second-order valence-electron chi connectivity index (χ2n) is 5.69. The Morgan fingerprint density at radius 2 is 2.19 bits per heavy atom. The molecule has 0 aliphatic carbocycles. The van der Waals surface area contributed by atoms with E-state index in [0.717, 1.165) is 12.3 Å². The fourth-order valence-electron chi connectivity index (χ4n) is 2.36. The second-order valence-corrected chi connectivity index (χ2v) is 7.92. The Morgan fingerprint density at radius 1 is 1.42 bits per heavy atom. The van der Waals surface area contributed by atoms with Crippen molar-refractivity contribution in [3.8, 4) is 0 Å². The van der Waals surface area contributed by atoms with Crippen LogP contribution in [0, 0.1) is 0 Å².